The van der Waals surface area contributed by atoms with E-state index in [1.165, 1.54) is 23.0 Å². The van der Waals surface area contributed by atoms with Crippen LogP contribution >= 0.6 is 0 Å². The lowest BCUT2D eigenvalue weighted by Crippen LogP contribution is -2.29. The number of aryl methyl sites for hydroxylation is 3. The molecule has 0 atom stereocenters. The summed E-state index contributed by atoms with van der Waals surface area (Å²) < 4.78 is 20.0. The fourth-order valence-corrected chi connectivity index (χ4v) is 3.84. The van der Waals surface area contributed by atoms with E-state index in [4.69, 9.17) is 4.42 Å². The number of amides is 1. The molecule has 172 valence electrons. The van der Waals surface area contributed by atoms with Crippen LogP contribution in [0.2, 0.25) is 0 Å². The summed E-state index contributed by atoms with van der Waals surface area (Å²) in [5, 5.41) is 7.56. The third kappa shape index (κ3) is 4.72. The van der Waals surface area contributed by atoms with Crippen LogP contribution < -0.4 is 5.56 Å². The molecule has 0 aliphatic heterocycles. The maximum atomic E-state index is 13.1. The van der Waals surface area contributed by atoms with Gasteiger partial charge in [-0.1, -0.05) is 6.42 Å². The molecule has 8 nitrogen and oxygen atoms in total. The van der Waals surface area contributed by atoms with Crippen LogP contribution in [0.25, 0.3) is 22.4 Å². The number of benzene rings is 1. The molecule has 4 aromatic rings. The van der Waals surface area contributed by atoms with Crippen LogP contribution in [0.5, 0.6) is 0 Å². The zero-order valence-corrected chi connectivity index (χ0v) is 18.9. The van der Waals surface area contributed by atoms with Crippen molar-refractivity contribution < 1.29 is 13.6 Å². The van der Waals surface area contributed by atoms with E-state index in [1.807, 2.05) is 6.07 Å². The third-order valence-electron chi connectivity index (χ3n) is 5.72. The number of unbranched alkanes of at least 4 members (excludes halogenated alkanes) is 2. The smallest absolute Gasteiger partial charge is 0.265 e. The Morgan fingerprint density at radius 1 is 1.21 bits per heavy atom. The zero-order chi connectivity index (χ0) is 23.5. The Hall–Kier alpha value is -3.75. The minimum atomic E-state index is -0.298. The number of fused-ring (bicyclic) bond motifs is 1. The summed E-state index contributed by atoms with van der Waals surface area (Å²) in [7, 11) is 3.32. The normalized spacial score (nSPS) is 11.3. The van der Waals surface area contributed by atoms with E-state index in [1.54, 1.807) is 38.1 Å². The first-order chi connectivity index (χ1) is 15.8. The van der Waals surface area contributed by atoms with Crippen LogP contribution in [0, 0.1) is 12.7 Å². The Bertz CT molecular complexity index is 1340. The van der Waals surface area contributed by atoms with Crippen molar-refractivity contribution in [3.05, 3.63) is 69.8 Å². The molecule has 1 aromatic carbocycles. The standard InChI is InChI=1S/C24H26FN5O3/c1-15-20(21-22(33-15)26-14-30(3)24(21)32)23(31)29(2)12-6-4-5-7-18-13-19(28-27-18)16-8-10-17(25)11-9-16/h8-11,13-14H,4-7,12H2,1-3H3,(H,27,28). The lowest BCUT2D eigenvalue weighted by atomic mass is 10.1. The van der Waals surface area contributed by atoms with Crippen LogP contribution in [0.1, 0.15) is 41.1 Å². The molecule has 0 saturated carbocycles. The lowest BCUT2D eigenvalue weighted by Gasteiger charge is -2.16. The Kier molecular flexibility index (Phi) is 6.39. The van der Waals surface area contributed by atoms with Crippen LogP contribution in [0.3, 0.4) is 0 Å². The maximum absolute atomic E-state index is 13.1. The molecule has 3 aromatic heterocycles. The number of rotatable bonds is 8. The van der Waals surface area contributed by atoms with E-state index >= 15 is 0 Å². The first-order valence-electron chi connectivity index (χ1n) is 10.9. The molecular formula is C24H26FN5O3. The van der Waals surface area contributed by atoms with Gasteiger partial charge in [-0.3, -0.25) is 14.7 Å². The molecule has 0 saturated heterocycles. The van der Waals surface area contributed by atoms with E-state index in [-0.39, 0.29) is 33.9 Å². The van der Waals surface area contributed by atoms with Gasteiger partial charge >= 0.3 is 0 Å². The van der Waals surface area contributed by atoms with Gasteiger partial charge in [-0.05, 0) is 56.5 Å². The fraction of sp³-hybridized carbons (Fsp3) is 0.333. The number of furan rings is 1. The highest BCUT2D eigenvalue weighted by Crippen LogP contribution is 2.22. The van der Waals surface area contributed by atoms with Gasteiger partial charge in [0.2, 0.25) is 5.71 Å². The van der Waals surface area contributed by atoms with E-state index in [0.29, 0.717) is 12.3 Å². The van der Waals surface area contributed by atoms with Crippen molar-refractivity contribution >= 4 is 17.0 Å². The van der Waals surface area contributed by atoms with Crippen molar-refractivity contribution in [1.29, 1.82) is 0 Å². The molecule has 0 spiro atoms. The summed E-state index contributed by atoms with van der Waals surface area (Å²) in [6.07, 6.45) is 4.90. The van der Waals surface area contributed by atoms with Gasteiger partial charge in [-0.25, -0.2) is 9.37 Å². The van der Waals surface area contributed by atoms with Gasteiger partial charge in [0.15, 0.2) is 0 Å². The van der Waals surface area contributed by atoms with Crippen molar-refractivity contribution in [2.45, 2.75) is 32.6 Å². The number of nitrogens with zero attached hydrogens (tertiary/aromatic N) is 4. The lowest BCUT2D eigenvalue weighted by molar-refractivity contribution is 0.0792. The van der Waals surface area contributed by atoms with Crippen LogP contribution in [-0.2, 0) is 13.5 Å². The van der Waals surface area contributed by atoms with Crippen LogP contribution in [0.15, 0.2) is 45.9 Å². The molecule has 9 heteroatoms. The number of carbonyl (C=O) groups is 1. The summed E-state index contributed by atoms with van der Waals surface area (Å²) >= 11 is 0. The summed E-state index contributed by atoms with van der Waals surface area (Å²) in [6.45, 7) is 2.24. The van der Waals surface area contributed by atoms with Crippen molar-refractivity contribution in [2.24, 2.45) is 7.05 Å². The fourth-order valence-electron chi connectivity index (χ4n) is 3.84. The molecule has 0 fully saturated rings. The van der Waals surface area contributed by atoms with Gasteiger partial charge in [0, 0.05) is 31.9 Å². The minimum Gasteiger partial charge on any atom is -0.442 e. The summed E-state index contributed by atoms with van der Waals surface area (Å²) in [5.41, 5.74) is 2.85. The number of H-pyrrole nitrogens is 1. The number of aromatic amines is 1. The van der Waals surface area contributed by atoms with Gasteiger partial charge < -0.3 is 13.9 Å². The quantitative estimate of drug-likeness (QED) is 0.411. The number of carbonyl (C=O) groups excluding carboxylic acids is 1. The zero-order valence-electron chi connectivity index (χ0n) is 18.9. The molecule has 0 radical (unpaired) electrons. The van der Waals surface area contributed by atoms with Gasteiger partial charge in [0.1, 0.15) is 23.3 Å². The predicted octanol–water partition coefficient (Wildman–Crippen LogP) is 3.85. The highest BCUT2D eigenvalue weighted by molar-refractivity contribution is 6.06. The maximum Gasteiger partial charge on any atom is 0.265 e. The second-order valence-electron chi connectivity index (χ2n) is 8.20. The molecule has 3 heterocycles. The van der Waals surface area contributed by atoms with Gasteiger partial charge in [0.25, 0.3) is 11.5 Å². The SMILES string of the molecule is Cc1oc2ncn(C)c(=O)c2c1C(=O)N(C)CCCCCc1cc(-c2ccc(F)cc2)n[nH]1. The van der Waals surface area contributed by atoms with Crippen molar-refractivity contribution in [3.63, 3.8) is 0 Å². The Morgan fingerprint density at radius 3 is 2.73 bits per heavy atom. The molecule has 0 unspecified atom stereocenters. The van der Waals surface area contributed by atoms with E-state index in [9.17, 15) is 14.0 Å². The third-order valence-corrected chi connectivity index (χ3v) is 5.72. The van der Waals surface area contributed by atoms with Gasteiger partial charge in [0.05, 0.1) is 11.3 Å². The monoisotopic (exact) mass is 451 g/mol. The van der Waals surface area contributed by atoms with E-state index in [2.05, 4.69) is 15.2 Å². The first-order valence-corrected chi connectivity index (χ1v) is 10.9. The Balaban J connectivity index is 1.29. The Labute approximate surface area is 190 Å². The minimum absolute atomic E-state index is 0.187. The predicted molar refractivity (Wildman–Crippen MR) is 122 cm³/mol. The molecule has 1 amide bonds. The van der Waals surface area contributed by atoms with Crippen molar-refractivity contribution in [1.82, 2.24) is 24.6 Å². The van der Waals surface area contributed by atoms with E-state index < -0.39 is 0 Å². The number of halogens is 1. The molecule has 0 bridgehead atoms. The van der Waals surface area contributed by atoms with Crippen LogP contribution in [0.4, 0.5) is 4.39 Å². The number of hydrogen-bond donors (Lipinski definition) is 1. The summed E-state index contributed by atoms with van der Waals surface area (Å²) in [5.74, 6) is -0.115. The number of nitrogens with one attached hydrogen (secondary N) is 1. The molecule has 1 N–H and O–H groups in total. The van der Waals surface area contributed by atoms with Crippen LogP contribution in [-0.4, -0.2) is 44.1 Å². The summed E-state index contributed by atoms with van der Waals surface area (Å²) in [4.78, 5) is 31.2. The van der Waals surface area contributed by atoms with Crippen molar-refractivity contribution in [3.8, 4) is 11.3 Å². The summed E-state index contributed by atoms with van der Waals surface area (Å²) in [6, 6.07) is 8.23. The molecule has 0 aliphatic carbocycles. The first kappa shape index (κ1) is 22.4. The Morgan fingerprint density at radius 2 is 1.97 bits per heavy atom. The molecule has 0 aliphatic rings. The second-order valence-corrected chi connectivity index (χ2v) is 8.20. The molecule has 4 rings (SSSR count). The number of hydrogen-bond acceptors (Lipinski definition) is 5. The van der Waals surface area contributed by atoms with Crippen molar-refractivity contribution in [2.75, 3.05) is 13.6 Å². The average Bonchev–Trinajstić information content (AvgIpc) is 3.40. The highest BCUT2D eigenvalue weighted by Gasteiger charge is 2.24. The topological polar surface area (TPSA) is 97.0 Å². The van der Waals surface area contributed by atoms with E-state index in [0.717, 1.165) is 42.6 Å². The molecule has 33 heavy (non-hydrogen) atoms. The average molecular weight is 452 g/mol. The van der Waals surface area contributed by atoms with Gasteiger partial charge in [-0.2, -0.15) is 5.10 Å². The highest BCUT2D eigenvalue weighted by atomic mass is 19.1. The number of aromatic nitrogens is 4. The molecular weight excluding hydrogens is 425 g/mol. The largest absolute Gasteiger partial charge is 0.442 e. The second kappa shape index (κ2) is 9.40. The van der Waals surface area contributed by atoms with Gasteiger partial charge in [-0.15, -0.1) is 0 Å².